The van der Waals surface area contributed by atoms with E-state index in [2.05, 4.69) is 24.1 Å². The Hall–Kier alpha value is -0.450. The van der Waals surface area contributed by atoms with Crippen molar-refractivity contribution < 1.29 is 0 Å². The molecule has 1 aliphatic heterocycles. The standard InChI is InChI=1S/C16H27N3S/c1-3-17-10-14-16(13-4-5-13)18-15(20-14)11-19-8-6-12(2)7-9-19/h12-13,17H,3-11H2,1-2H3. The summed E-state index contributed by atoms with van der Waals surface area (Å²) >= 11 is 1.95. The molecule has 20 heavy (non-hydrogen) atoms. The van der Waals surface area contributed by atoms with E-state index in [4.69, 9.17) is 4.98 Å². The lowest BCUT2D eigenvalue weighted by Crippen LogP contribution is -2.32. The Kier molecular flexibility index (Phi) is 4.74. The summed E-state index contributed by atoms with van der Waals surface area (Å²) in [5, 5.41) is 4.81. The first kappa shape index (κ1) is 14.5. The van der Waals surface area contributed by atoms with Gasteiger partial charge in [-0.2, -0.15) is 0 Å². The second-order valence-electron chi connectivity index (χ2n) is 6.43. The molecule has 112 valence electrons. The fraction of sp³-hybridized carbons (Fsp3) is 0.812. The lowest BCUT2D eigenvalue weighted by Gasteiger charge is -2.29. The molecule has 1 aliphatic carbocycles. The van der Waals surface area contributed by atoms with Gasteiger partial charge in [-0.25, -0.2) is 4.98 Å². The summed E-state index contributed by atoms with van der Waals surface area (Å²) in [6.45, 7) is 10.2. The van der Waals surface area contributed by atoms with Crippen molar-refractivity contribution in [3.63, 3.8) is 0 Å². The molecule has 2 aliphatic rings. The van der Waals surface area contributed by atoms with Crippen LogP contribution in [0.1, 0.15) is 61.0 Å². The van der Waals surface area contributed by atoms with Gasteiger partial charge in [0.15, 0.2) is 0 Å². The summed E-state index contributed by atoms with van der Waals surface area (Å²) in [5.74, 6) is 1.68. The van der Waals surface area contributed by atoms with Crippen LogP contribution >= 0.6 is 11.3 Å². The molecule has 0 aromatic carbocycles. The number of thiazole rings is 1. The maximum Gasteiger partial charge on any atom is 0.107 e. The van der Waals surface area contributed by atoms with Gasteiger partial charge in [-0.1, -0.05) is 13.8 Å². The molecule has 3 nitrogen and oxygen atoms in total. The first-order valence-electron chi connectivity index (χ1n) is 8.17. The van der Waals surface area contributed by atoms with Crippen LogP contribution < -0.4 is 5.32 Å². The number of nitrogens with zero attached hydrogens (tertiary/aromatic N) is 2. The van der Waals surface area contributed by atoms with Crippen molar-refractivity contribution in [2.45, 2.75) is 58.5 Å². The number of nitrogens with one attached hydrogen (secondary N) is 1. The van der Waals surface area contributed by atoms with E-state index in [9.17, 15) is 0 Å². The summed E-state index contributed by atoms with van der Waals surface area (Å²) in [6.07, 6.45) is 5.41. The summed E-state index contributed by atoms with van der Waals surface area (Å²) in [5.41, 5.74) is 1.41. The Morgan fingerprint density at radius 2 is 2.00 bits per heavy atom. The molecule has 4 heteroatoms. The molecular formula is C16H27N3S. The second kappa shape index (κ2) is 6.54. The van der Waals surface area contributed by atoms with Gasteiger partial charge in [0, 0.05) is 17.3 Å². The molecule has 0 amide bonds. The number of likely N-dealkylation sites (tertiary alicyclic amines) is 1. The van der Waals surface area contributed by atoms with Gasteiger partial charge in [0.2, 0.25) is 0 Å². The van der Waals surface area contributed by atoms with Gasteiger partial charge < -0.3 is 5.32 Å². The fourth-order valence-corrected chi connectivity index (χ4v) is 4.10. The van der Waals surface area contributed by atoms with E-state index in [0.717, 1.165) is 31.5 Å². The molecule has 2 fully saturated rings. The smallest absolute Gasteiger partial charge is 0.107 e. The molecule has 1 aromatic heterocycles. The van der Waals surface area contributed by atoms with Crippen molar-refractivity contribution >= 4 is 11.3 Å². The van der Waals surface area contributed by atoms with Gasteiger partial charge in [-0.3, -0.25) is 4.90 Å². The van der Waals surface area contributed by atoms with Crippen LogP contribution in [0.4, 0.5) is 0 Å². The van der Waals surface area contributed by atoms with Crippen LogP contribution in [0.2, 0.25) is 0 Å². The molecular weight excluding hydrogens is 266 g/mol. The highest BCUT2D eigenvalue weighted by molar-refractivity contribution is 7.11. The SMILES string of the molecule is CCNCc1sc(CN2CCC(C)CC2)nc1C1CC1. The minimum Gasteiger partial charge on any atom is -0.312 e. The molecule has 0 atom stereocenters. The molecule has 1 saturated heterocycles. The molecule has 1 aromatic rings. The average Bonchev–Trinajstić information content (AvgIpc) is 3.22. The minimum absolute atomic E-state index is 0.773. The zero-order chi connectivity index (χ0) is 13.9. The lowest BCUT2D eigenvalue weighted by molar-refractivity contribution is 0.185. The monoisotopic (exact) mass is 293 g/mol. The normalized spacial score (nSPS) is 21.5. The average molecular weight is 293 g/mol. The number of hydrogen-bond acceptors (Lipinski definition) is 4. The first-order chi connectivity index (χ1) is 9.76. The number of hydrogen-bond donors (Lipinski definition) is 1. The van der Waals surface area contributed by atoms with Crippen molar-refractivity contribution in [3.8, 4) is 0 Å². The maximum atomic E-state index is 4.98. The van der Waals surface area contributed by atoms with Crippen LogP contribution in [0.25, 0.3) is 0 Å². The van der Waals surface area contributed by atoms with E-state index in [1.54, 1.807) is 0 Å². The van der Waals surface area contributed by atoms with Gasteiger partial charge in [-0.05, 0) is 51.2 Å². The topological polar surface area (TPSA) is 28.2 Å². The van der Waals surface area contributed by atoms with Gasteiger partial charge in [0.25, 0.3) is 0 Å². The van der Waals surface area contributed by atoms with E-state index in [0.29, 0.717) is 0 Å². The van der Waals surface area contributed by atoms with Crippen LogP contribution in [0.5, 0.6) is 0 Å². The number of piperidine rings is 1. The predicted octanol–water partition coefficient (Wildman–Crippen LogP) is 3.36. The van der Waals surface area contributed by atoms with E-state index < -0.39 is 0 Å². The van der Waals surface area contributed by atoms with Crippen molar-refractivity contribution in [1.82, 2.24) is 15.2 Å². The lowest BCUT2D eigenvalue weighted by atomic mass is 9.99. The van der Waals surface area contributed by atoms with Crippen molar-refractivity contribution in [1.29, 1.82) is 0 Å². The third kappa shape index (κ3) is 3.60. The number of aromatic nitrogens is 1. The third-order valence-corrected chi connectivity index (χ3v) is 5.56. The van der Waals surface area contributed by atoms with E-state index in [-0.39, 0.29) is 0 Å². The highest BCUT2D eigenvalue weighted by atomic mass is 32.1. The van der Waals surface area contributed by atoms with E-state index >= 15 is 0 Å². The Labute approximate surface area is 126 Å². The molecule has 0 bridgehead atoms. The van der Waals surface area contributed by atoms with Crippen molar-refractivity contribution in [2.24, 2.45) is 5.92 Å². The first-order valence-corrected chi connectivity index (χ1v) is 8.99. The van der Waals surface area contributed by atoms with Crippen LogP contribution in [0.15, 0.2) is 0 Å². The van der Waals surface area contributed by atoms with Crippen molar-refractivity contribution in [3.05, 3.63) is 15.6 Å². The number of rotatable bonds is 6. The summed E-state index contributed by atoms with van der Waals surface area (Å²) < 4.78 is 0. The van der Waals surface area contributed by atoms with Crippen LogP contribution in [0.3, 0.4) is 0 Å². The summed E-state index contributed by atoms with van der Waals surface area (Å²) in [7, 11) is 0. The van der Waals surface area contributed by atoms with Gasteiger partial charge in [0.05, 0.1) is 12.2 Å². The quantitative estimate of drug-likeness (QED) is 0.871. The Balaban J connectivity index is 1.63. The molecule has 0 radical (unpaired) electrons. The largest absolute Gasteiger partial charge is 0.312 e. The summed E-state index contributed by atoms with van der Waals surface area (Å²) in [4.78, 5) is 9.06. The van der Waals surface area contributed by atoms with Gasteiger partial charge >= 0.3 is 0 Å². The van der Waals surface area contributed by atoms with Gasteiger partial charge in [-0.15, -0.1) is 11.3 Å². The maximum absolute atomic E-state index is 4.98. The third-order valence-electron chi connectivity index (χ3n) is 4.51. The molecule has 1 saturated carbocycles. The molecule has 1 N–H and O–H groups in total. The van der Waals surface area contributed by atoms with Crippen molar-refractivity contribution in [2.75, 3.05) is 19.6 Å². The summed E-state index contributed by atoms with van der Waals surface area (Å²) in [6, 6.07) is 0. The second-order valence-corrected chi connectivity index (χ2v) is 7.60. The Bertz CT molecular complexity index is 431. The van der Waals surface area contributed by atoms with Crippen LogP contribution in [-0.4, -0.2) is 29.5 Å². The van der Waals surface area contributed by atoms with Crippen LogP contribution in [0, 0.1) is 5.92 Å². The van der Waals surface area contributed by atoms with E-state index in [1.165, 1.54) is 54.4 Å². The highest BCUT2D eigenvalue weighted by Crippen LogP contribution is 2.42. The van der Waals surface area contributed by atoms with Gasteiger partial charge in [0.1, 0.15) is 5.01 Å². The molecule has 0 unspecified atom stereocenters. The van der Waals surface area contributed by atoms with E-state index in [1.807, 2.05) is 11.3 Å². The Morgan fingerprint density at radius 1 is 1.25 bits per heavy atom. The molecule has 0 spiro atoms. The minimum atomic E-state index is 0.773. The fourth-order valence-electron chi connectivity index (χ4n) is 2.93. The highest BCUT2D eigenvalue weighted by Gasteiger charge is 2.29. The zero-order valence-electron chi connectivity index (χ0n) is 12.8. The van der Waals surface area contributed by atoms with Crippen LogP contribution in [-0.2, 0) is 13.1 Å². The zero-order valence-corrected chi connectivity index (χ0v) is 13.6. The molecule has 3 rings (SSSR count). The molecule has 2 heterocycles. The Morgan fingerprint density at radius 3 is 2.65 bits per heavy atom. The predicted molar refractivity (Wildman–Crippen MR) is 85.1 cm³/mol.